The second-order valence-corrected chi connectivity index (χ2v) is 22.5. The summed E-state index contributed by atoms with van der Waals surface area (Å²) in [5.74, 6) is -1.14. The summed E-state index contributed by atoms with van der Waals surface area (Å²) in [5, 5.41) is 29.4. The van der Waals surface area contributed by atoms with Crippen molar-refractivity contribution in [1.82, 2.24) is 35.3 Å². The van der Waals surface area contributed by atoms with Crippen molar-refractivity contribution in [2.24, 2.45) is 10.4 Å². The van der Waals surface area contributed by atoms with Gasteiger partial charge in [-0.05, 0) is 80.5 Å². The van der Waals surface area contributed by atoms with Crippen LogP contribution in [-0.4, -0.2) is 117 Å². The Morgan fingerprint density at radius 3 is 2.32 bits per heavy atom. The Balaban J connectivity index is 0.734. The number of anilines is 1. The van der Waals surface area contributed by atoms with E-state index in [1.54, 1.807) is 34.3 Å². The Bertz CT molecular complexity index is 3080. The number of aryl methyl sites for hydroxylation is 3. The molecule has 3 aromatic carbocycles. The van der Waals surface area contributed by atoms with Gasteiger partial charge >= 0.3 is 0 Å². The molecule has 17 nitrogen and oxygen atoms in total. The molecule has 0 bridgehead atoms. The number of ether oxygens (including phenoxy) is 3. The molecule has 8 rings (SSSR count). The first-order chi connectivity index (χ1) is 36.4. The molecule has 0 unspecified atom stereocenters. The molecule has 402 valence electrons. The SMILES string of the molecule is Cc1ncsc1-c1ccc(CNC(=O)[C@@H]2C[C@@H](O)CN2C(=O)[C@@H](NC(=O)COCCCOCCCOc2ccc(NC(=O)C[C@@H]3N=C(c4ccc(Cl)cc4)c4c(sc(C)c4C)-n4c(C)nnc43)cc2F)C(C)(C)C)cc1. The molecule has 5 heterocycles. The number of aliphatic hydroxyl groups is 1. The van der Waals surface area contributed by atoms with Crippen molar-refractivity contribution >= 4 is 69.3 Å². The average molecular weight is 1100 g/mol. The third-order valence-electron chi connectivity index (χ3n) is 13.2. The van der Waals surface area contributed by atoms with E-state index in [2.05, 4.69) is 45.0 Å². The molecule has 4 N–H and O–H groups in total. The predicted molar refractivity (Wildman–Crippen MR) is 291 cm³/mol. The van der Waals surface area contributed by atoms with Crippen molar-refractivity contribution in [1.29, 1.82) is 0 Å². The van der Waals surface area contributed by atoms with Crippen LogP contribution in [0.5, 0.6) is 5.75 Å². The number of carbonyl (C=O) groups excluding carboxylic acids is 4. The van der Waals surface area contributed by atoms with Crippen LogP contribution in [0.15, 0.2) is 77.2 Å². The number of rotatable bonds is 21. The van der Waals surface area contributed by atoms with Crippen LogP contribution in [0.2, 0.25) is 5.02 Å². The number of carbonyl (C=O) groups is 4. The highest BCUT2D eigenvalue weighted by Crippen LogP contribution is 2.40. The van der Waals surface area contributed by atoms with Crippen molar-refractivity contribution in [2.75, 3.05) is 44.9 Å². The van der Waals surface area contributed by atoms with Gasteiger partial charge in [-0.1, -0.05) is 68.8 Å². The summed E-state index contributed by atoms with van der Waals surface area (Å²) in [6.07, 6.45) is 0.0703. The molecule has 21 heteroatoms. The molecular formula is C55H63ClFN9O8S2. The van der Waals surface area contributed by atoms with E-state index in [9.17, 15) is 24.3 Å². The average Bonchev–Trinajstić information content (AvgIpc) is 4.18. The van der Waals surface area contributed by atoms with E-state index in [4.69, 9.17) is 30.8 Å². The smallest absolute Gasteiger partial charge is 0.246 e. The number of thiazole rings is 1. The molecule has 0 radical (unpaired) electrons. The highest BCUT2D eigenvalue weighted by molar-refractivity contribution is 7.15. The van der Waals surface area contributed by atoms with Crippen LogP contribution in [-0.2, 0) is 35.2 Å². The van der Waals surface area contributed by atoms with Gasteiger partial charge in [0.05, 0.1) is 40.9 Å². The topological polar surface area (TPSA) is 211 Å². The van der Waals surface area contributed by atoms with Gasteiger partial charge in [-0.3, -0.25) is 28.7 Å². The number of aliphatic imine (C=N–C) groups is 1. The van der Waals surface area contributed by atoms with Crippen molar-refractivity contribution in [3.8, 4) is 21.2 Å². The van der Waals surface area contributed by atoms with Crippen LogP contribution in [0.4, 0.5) is 10.1 Å². The molecule has 1 saturated heterocycles. The number of nitrogens with one attached hydrogen (secondary N) is 3. The summed E-state index contributed by atoms with van der Waals surface area (Å²) < 4.78 is 34.2. The molecule has 0 aliphatic carbocycles. The minimum absolute atomic E-state index is 0.0287. The number of aliphatic hydroxyl groups excluding tert-OH is 1. The lowest BCUT2D eigenvalue weighted by molar-refractivity contribution is -0.144. The monoisotopic (exact) mass is 1100 g/mol. The van der Waals surface area contributed by atoms with Crippen LogP contribution < -0.4 is 20.7 Å². The quantitative estimate of drug-likeness (QED) is 0.0503. The van der Waals surface area contributed by atoms with Gasteiger partial charge in [0.1, 0.15) is 35.6 Å². The first-order valence-corrected chi connectivity index (χ1v) is 27.2. The van der Waals surface area contributed by atoms with E-state index in [0.29, 0.717) is 42.7 Å². The number of amides is 4. The number of thiophene rings is 1. The zero-order valence-corrected chi connectivity index (χ0v) is 46.0. The number of aromatic nitrogens is 4. The molecule has 4 amide bonds. The number of fused-ring (bicyclic) bond motifs is 3. The molecule has 76 heavy (non-hydrogen) atoms. The third kappa shape index (κ3) is 13.4. The van der Waals surface area contributed by atoms with Gasteiger partial charge in [-0.25, -0.2) is 9.37 Å². The van der Waals surface area contributed by atoms with Crippen LogP contribution in [0.25, 0.3) is 15.4 Å². The minimum Gasteiger partial charge on any atom is -0.490 e. The van der Waals surface area contributed by atoms with Crippen LogP contribution in [0.3, 0.4) is 0 Å². The van der Waals surface area contributed by atoms with Gasteiger partial charge in [-0.15, -0.1) is 32.9 Å². The van der Waals surface area contributed by atoms with E-state index in [-0.39, 0.29) is 69.0 Å². The Hall–Kier alpha value is -6.42. The summed E-state index contributed by atoms with van der Waals surface area (Å²) >= 11 is 9.42. The van der Waals surface area contributed by atoms with Gasteiger partial charge < -0.3 is 40.2 Å². The van der Waals surface area contributed by atoms with E-state index >= 15 is 4.39 Å². The standard InChI is InChI=1S/C55H63ClFN9O8S2/c1-31-33(3)76-54-47(31)48(36-14-16-38(56)17-15-36)61-42(51-64-63-34(4)66(51)54)26-45(68)60-39-18-19-44(41(57)24-39)74-23-9-21-72-20-8-22-73-29-46(69)62-50(55(5,6)7)53(71)65-28-40(67)25-43(65)52(70)58-27-35-10-12-37(13-11-35)49-32(2)59-30-75-49/h10-19,24,30,40,42-43,50,67H,8-9,20-23,25-29H2,1-7H3,(H,58,70)(H,60,68)(H,62,69)/t40-,42+,43+,50-/m1/s1. The number of halogens is 2. The van der Waals surface area contributed by atoms with E-state index in [1.807, 2.05) is 87.7 Å². The summed E-state index contributed by atoms with van der Waals surface area (Å²) in [4.78, 5) is 67.1. The second-order valence-electron chi connectivity index (χ2n) is 20.0. The van der Waals surface area contributed by atoms with Gasteiger partial charge in [0.2, 0.25) is 23.6 Å². The summed E-state index contributed by atoms with van der Waals surface area (Å²) in [6, 6.07) is 16.9. The number of nitrogens with zero attached hydrogens (tertiary/aromatic N) is 6. The molecule has 1 fully saturated rings. The molecule has 2 aliphatic heterocycles. The molecule has 0 saturated carbocycles. The van der Waals surface area contributed by atoms with Crippen molar-refractivity contribution < 1.29 is 42.9 Å². The number of hydrogen-bond donors (Lipinski definition) is 4. The largest absolute Gasteiger partial charge is 0.490 e. The minimum atomic E-state index is -0.988. The Kier molecular flexibility index (Phi) is 18.1. The molecule has 3 aromatic heterocycles. The lowest BCUT2D eigenvalue weighted by atomic mass is 9.85. The molecule has 4 atom stereocenters. The second kappa shape index (κ2) is 24.7. The van der Waals surface area contributed by atoms with Crippen LogP contribution >= 0.6 is 34.3 Å². The number of likely N-dealkylation sites (tertiary alicyclic amines) is 1. The third-order valence-corrected chi connectivity index (χ3v) is 15.6. The maximum atomic E-state index is 15.2. The summed E-state index contributed by atoms with van der Waals surface area (Å²) in [7, 11) is 0. The highest BCUT2D eigenvalue weighted by atomic mass is 35.5. The van der Waals surface area contributed by atoms with Gasteiger partial charge in [0, 0.05) is 78.5 Å². The molecule has 0 spiro atoms. The summed E-state index contributed by atoms with van der Waals surface area (Å²) in [5.41, 5.74) is 7.81. The normalized spacial score (nSPS) is 16.6. The van der Waals surface area contributed by atoms with Gasteiger partial charge in [0.15, 0.2) is 17.4 Å². The molecule has 6 aromatic rings. The van der Waals surface area contributed by atoms with Crippen LogP contribution in [0, 0.1) is 38.9 Å². The van der Waals surface area contributed by atoms with E-state index < -0.39 is 47.3 Å². The van der Waals surface area contributed by atoms with Gasteiger partial charge in [0.25, 0.3) is 0 Å². The lowest BCUT2D eigenvalue weighted by Gasteiger charge is -2.35. The first kappa shape index (κ1) is 55.8. The number of β-amino-alcohol motifs (C(OH)–C–C–N with tert-alkyl or cyclic N) is 1. The van der Waals surface area contributed by atoms with Crippen molar-refractivity contribution in [2.45, 2.75) is 105 Å². The zero-order valence-electron chi connectivity index (χ0n) is 43.6. The Morgan fingerprint density at radius 1 is 0.908 bits per heavy atom. The maximum Gasteiger partial charge on any atom is 0.246 e. The fraction of sp³-hybridized carbons (Fsp3) is 0.418. The van der Waals surface area contributed by atoms with Gasteiger partial charge in [-0.2, -0.15) is 0 Å². The number of hydrogen-bond acceptors (Lipinski definition) is 14. The fourth-order valence-electron chi connectivity index (χ4n) is 9.07. The lowest BCUT2D eigenvalue weighted by Crippen LogP contribution is -2.58. The highest BCUT2D eigenvalue weighted by Gasteiger charge is 2.44. The number of benzene rings is 3. The first-order valence-electron chi connectivity index (χ1n) is 25.1. The van der Waals surface area contributed by atoms with Crippen molar-refractivity contribution in [3.63, 3.8) is 0 Å². The predicted octanol–water partition coefficient (Wildman–Crippen LogP) is 8.40. The summed E-state index contributed by atoms with van der Waals surface area (Å²) in [6.45, 7) is 14.4. The Morgan fingerprint density at radius 2 is 1.62 bits per heavy atom. The maximum absolute atomic E-state index is 15.2. The van der Waals surface area contributed by atoms with Crippen LogP contribution in [0.1, 0.15) is 97.0 Å². The molecular weight excluding hydrogens is 1030 g/mol. The Labute approximate surface area is 454 Å². The molecule has 2 aliphatic rings. The van der Waals surface area contributed by atoms with E-state index in [0.717, 1.165) is 54.0 Å². The zero-order chi connectivity index (χ0) is 54.3. The van der Waals surface area contributed by atoms with E-state index in [1.165, 1.54) is 17.0 Å². The van der Waals surface area contributed by atoms with Crippen molar-refractivity contribution in [3.05, 3.63) is 128 Å². The fourth-order valence-corrected chi connectivity index (χ4v) is 11.2.